The van der Waals surface area contributed by atoms with Crippen molar-refractivity contribution in [2.24, 2.45) is 7.05 Å². The quantitative estimate of drug-likeness (QED) is 0.582. The van der Waals surface area contributed by atoms with Crippen LogP contribution in [0.4, 0.5) is 0 Å². The molecular formula is C13H17N2S+. The van der Waals surface area contributed by atoms with Gasteiger partial charge >= 0.3 is 5.16 Å². The normalized spacial score (nSPS) is 10.6. The lowest BCUT2D eigenvalue weighted by Gasteiger charge is -2.00. The average Bonchev–Trinajstić information content (AvgIpc) is 2.69. The molecule has 0 N–H and O–H groups in total. The fraction of sp³-hybridized carbons (Fsp3) is 0.308. The van der Waals surface area contributed by atoms with Gasteiger partial charge in [-0.2, -0.15) is 0 Å². The molecular weight excluding hydrogens is 216 g/mol. The summed E-state index contributed by atoms with van der Waals surface area (Å²) in [7, 11) is 2.10. The van der Waals surface area contributed by atoms with Crippen LogP contribution >= 0.6 is 11.8 Å². The number of rotatable bonds is 4. The molecule has 84 valence electrons. The van der Waals surface area contributed by atoms with Gasteiger partial charge in [-0.1, -0.05) is 30.3 Å². The van der Waals surface area contributed by atoms with Crippen LogP contribution in [0.3, 0.4) is 0 Å². The third kappa shape index (κ3) is 2.47. The molecule has 1 aromatic heterocycles. The van der Waals surface area contributed by atoms with Gasteiger partial charge in [0, 0.05) is 5.75 Å². The van der Waals surface area contributed by atoms with Crippen LogP contribution in [-0.2, 0) is 19.3 Å². The van der Waals surface area contributed by atoms with Crippen LogP contribution in [-0.4, -0.2) is 4.57 Å². The Labute approximate surface area is 101 Å². The summed E-state index contributed by atoms with van der Waals surface area (Å²) < 4.78 is 4.45. The molecule has 2 rings (SSSR count). The number of aromatic nitrogens is 2. The van der Waals surface area contributed by atoms with Gasteiger partial charge in [0.15, 0.2) is 0 Å². The van der Waals surface area contributed by atoms with Crippen LogP contribution in [0.2, 0.25) is 0 Å². The molecule has 0 saturated heterocycles. The van der Waals surface area contributed by atoms with E-state index in [1.807, 2.05) is 11.8 Å². The van der Waals surface area contributed by atoms with Crippen LogP contribution in [0.25, 0.3) is 0 Å². The number of hydrogen-bond donors (Lipinski definition) is 0. The molecule has 0 fully saturated rings. The number of imidazole rings is 1. The number of aryl methyl sites for hydroxylation is 2. The van der Waals surface area contributed by atoms with E-state index in [0.717, 1.165) is 12.3 Å². The van der Waals surface area contributed by atoms with Crippen molar-refractivity contribution < 1.29 is 4.57 Å². The smallest absolute Gasteiger partial charge is 0.227 e. The van der Waals surface area contributed by atoms with Gasteiger partial charge in [0.05, 0.1) is 13.6 Å². The molecule has 2 aromatic rings. The number of benzene rings is 1. The summed E-state index contributed by atoms with van der Waals surface area (Å²) in [4.78, 5) is 0. The zero-order chi connectivity index (χ0) is 11.4. The van der Waals surface area contributed by atoms with E-state index in [9.17, 15) is 0 Å². The highest BCUT2D eigenvalue weighted by molar-refractivity contribution is 7.98. The molecule has 0 bridgehead atoms. The van der Waals surface area contributed by atoms with Crippen molar-refractivity contribution in [1.82, 2.24) is 4.57 Å². The van der Waals surface area contributed by atoms with Crippen LogP contribution in [0.15, 0.2) is 47.9 Å². The molecule has 16 heavy (non-hydrogen) atoms. The predicted octanol–water partition coefficient (Wildman–Crippen LogP) is 2.62. The van der Waals surface area contributed by atoms with Gasteiger partial charge in [0.2, 0.25) is 0 Å². The SMILES string of the molecule is CCn1cc[n+](C)c1SCc1ccccc1. The molecule has 0 spiro atoms. The second-order valence-electron chi connectivity index (χ2n) is 3.75. The Bertz CT molecular complexity index is 448. The standard InChI is InChI=1S/C13H17N2S/c1-3-15-10-9-14(2)13(15)16-11-12-7-5-4-6-8-12/h4-10H,3,11H2,1-2H3/q+1. The summed E-state index contributed by atoms with van der Waals surface area (Å²) >= 11 is 1.88. The van der Waals surface area contributed by atoms with Crippen molar-refractivity contribution in [3.8, 4) is 0 Å². The maximum Gasteiger partial charge on any atom is 0.318 e. The Balaban J connectivity index is 2.07. The Morgan fingerprint density at radius 2 is 2.00 bits per heavy atom. The summed E-state index contributed by atoms with van der Waals surface area (Å²) in [6.07, 6.45) is 4.24. The Hall–Kier alpha value is -1.22. The van der Waals surface area contributed by atoms with Gasteiger partial charge < -0.3 is 0 Å². The molecule has 0 amide bonds. The van der Waals surface area contributed by atoms with E-state index in [0.29, 0.717) is 0 Å². The molecule has 3 heteroatoms. The molecule has 0 aliphatic heterocycles. The highest BCUT2D eigenvalue weighted by atomic mass is 32.2. The van der Waals surface area contributed by atoms with Crippen molar-refractivity contribution in [3.63, 3.8) is 0 Å². The van der Waals surface area contributed by atoms with Crippen LogP contribution in [0.1, 0.15) is 12.5 Å². The van der Waals surface area contributed by atoms with Gasteiger partial charge in [-0.3, -0.25) is 0 Å². The van der Waals surface area contributed by atoms with Crippen LogP contribution < -0.4 is 4.57 Å². The minimum Gasteiger partial charge on any atom is -0.227 e. The third-order valence-electron chi connectivity index (χ3n) is 2.57. The Morgan fingerprint density at radius 1 is 1.25 bits per heavy atom. The summed E-state index contributed by atoms with van der Waals surface area (Å²) in [6.45, 7) is 3.20. The van der Waals surface area contributed by atoms with E-state index < -0.39 is 0 Å². The lowest BCUT2D eigenvalue weighted by Crippen LogP contribution is -2.28. The molecule has 0 aliphatic carbocycles. The van der Waals surface area contributed by atoms with Crippen LogP contribution in [0.5, 0.6) is 0 Å². The van der Waals surface area contributed by atoms with Gasteiger partial charge in [0.1, 0.15) is 12.4 Å². The second kappa shape index (κ2) is 5.21. The van der Waals surface area contributed by atoms with Gasteiger partial charge in [0.25, 0.3) is 0 Å². The first-order valence-corrected chi connectivity index (χ1v) is 6.51. The van der Waals surface area contributed by atoms with E-state index in [1.165, 1.54) is 10.7 Å². The minimum atomic E-state index is 1.03. The zero-order valence-corrected chi connectivity index (χ0v) is 10.6. The van der Waals surface area contributed by atoms with Gasteiger partial charge in [-0.05, 0) is 24.2 Å². The van der Waals surface area contributed by atoms with Gasteiger partial charge in [-0.15, -0.1) is 0 Å². The molecule has 0 saturated carbocycles. The van der Waals surface area contributed by atoms with Crippen LogP contribution in [0, 0.1) is 0 Å². The molecule has 1 heterocycles. The molecule has 0 unspecified atom stereocenters. The summed E-state index contributed by atoms with van der Waals surface area (Å²) in [6, 6.07) is 10.6. The maximum atomic E-state index is 2.27. The number of thioether (sulfide) groups is 1. The Morgan fingerprint density at radius 3 is 2.69 bits per heavy atom. The van der Waals surface area contributed by atoms with Crippen molar-refractivity contribution in [2.75, 3.05) is 0 Å². The summed E-state index contributed by atoms with van der Waals surface area (Å²) in [5.41, 5.74) is 1.37. The molecule has 0 aliphatic rings. The largest absolute Gasteiger partial charge is 0.318 e. The average molecular weight is 233 g/mol. The second-order valence-corrected chi connectivity index (χ2v) is 4.69. The highest BCUT2D eigenvalue weighted by Gasteiger charge is 2.13. The molecule has 0 radical (unpaired) electrons. The maximum absolute atomic E-state index is 2.27. The Kier molecular flexibility index (Phi) is 3.67. The fourth-order valence-corrected chi connectivity index (χ4v) is 2.77. The predicted molar refractivity (Wildman–Crippen MR) is 67.3 cm³/mol. The van der Waals surface area contributed by atoms with E-state index in [-0.39, 0.29) is 0 Å². The first kappa shape index (κ1) is 11.3. The summed E-state index contributed by atoms with van der Waals surface area (Å²) in [5, 5.41) is 1.31. The minimum absolute atomic E-state index is 1.03. The van der Waals surface area contributed by atoms with E-state index in [2.05, 4.69) is 65.8 Å². The van der Waals surface area contributed by atoms with E-state index in [1.54, 1.807) is 0 Å². The topological polar surface area (TPSA) is 8.81 Å². The van der Waals surface area contributed by atoms with Crippen molar-refractivity contribution in [2.45, 2.75) is 24.4 Å². The highest BCUT2D eigenvalue weighted by Crippen LogP contribution is 2.19. The first-order valence-electron chi connectivity index (χ1n) is 5.52. The van der Waals surface area contributed by atoms with Crippen molar-refractivity contribution in [1.29, 1.82) is 0 Å². The summed E-state index contributed by atoms with van der Waals surface area (Å²) in [5.74, 6) is 1.03. The molecule has 2 nitrogen and oxygen atoms in total. The van der Waals surface area contributed by atoms with Crippen molar-refractivity contribution in [3.05, 3.63) is 48.3 Å². The van der Waals surface area contributed by atoms with Crippen molar-refractivity contribution >= 4 is 11.8 Å². The molecule has 1 aromatic carbocycles. The van der Waals surface area contributed by atoms with E-state index >= 15 is 0 Å². The first-order chi connectivity index (χ1) is 7.81. The number of nitrogens with zero attached hydrogens (tertiary/aromatic N) is 2. The fourth-order valence-electron chi connectivity index (χ4n) is 1.66. The zero-order valence-electron chi connectivity index (χ0n) is 9.76. The van der Waals surface area contributed by atoms with E-state index in [4.69, 9.17) is 0 Å². The number of hydrogen-bond acceptors (Lipinski definition) is 1. The van der Waals surface area contributed by atoms with Gasteiger partial charge in [-0.25, -0.2) is 9.13 Å². The molecule has 0 atom stereocenters. The third-order valence-corrected chi connectivity index (χ3v) is 3.83. The monoisotopic (exact) mass is 233 g/mol. The lowest BCUT2D eigenvalue weighted by atomic mass is 10.2. The lowest BCUT2D eigenvalue weighted by molar-refractivity contribution is -0.709.